The highest BCUT2D eigenvalue weighted by Gasteiger charge is 2.18. The highest BCUT2D eigenvalue weighted by Crippen LogP contribution is 2.10. The molecule has 2 amide bonds. The molecule has 2 rings (SSSR count). The molecule has 0 atom stereocenters. The Labute approximate surface area is 130 Å². The minimum Gasteiger partial charge on any atom is -0.355 e. The van der Waals surface area contributed by atoms with E-state index in [-0.39, 0.29) is 24.1 Å². The predicted octanol–water partition coefficient (Wildman–Crippen LogP) is 2.28. The molecule has 1 aliphatic rings. The van der Waals surface area contributed by atoms with E-state index in [2.05, 4.69) is 5.32 Å². The summed E-state index contributed by atoms with van der Waals surface area (Å²) in [7, 11) is 0. The Morgan fingerprint density at radius 2 is 1.77 bits per heavy atom. The van der Waals surface area contributed by atoms with Crippen molar-refractivity contribution >= 4 is 11.8 Å². The topological polar surface area (TPSA) is 49.4 Å². The Hall–Kier alpha value is -1.91. The summed E-state index contributed by atoms with van der Waals surface area (Å²) >= 11 is 0. The monoisotopic (exact) mass is 306 g/mol. The average Bonchev–Trinajstić information content (AvgIpc) is 2.78. The van der Waals surface area contributed by atoms with Crippen LogP contribution in [0.4, 0.5) is 4.39 Å². The van der Waals surface area contributed by atoms with Gasteiger partial charge in [-0.15, -0.1) is 0 Å². The van der Waals surface area contributed by atoms with Crippen molar-refractivity contribution in [3.63, 3.8) is 0 Å². The van der Waals surface area contributed by atoms with E-state index in [0.717, 1.165) is 38.8 Å². The third-order valence-corrected chi connectivity index (χ3v) is 3.94. The van der Waals surface area contributed by atoms with Crippen molar-refractivity contribution in [3.05, 3.63) is 35.6 Å². The van der Waals surface area contributed by atoms with Gasteiger partial charge in [-0.25, -0.2) is 4.39 Å². The molecule has 0 bridgehead atoms. The van der Waals surface area contributed by atoms with Crippen LogP contribution in [0.2, 0.25) is 0 Å². The van der Waals surface area contributed by atoms with Crippen molar-refractivity contribution < 1.29 is 14.0 Å². The molecule has 1 N–H and O–H groups in total. The molecular formula is C17H23FN2O2. The molecule has 0 spiro atoms. The van der Waals surface area contributed by atoms with Crippen molar-refractivity contribution in [2.24, 2.45) is 0 Å². The van der Waals surface area contributed by atoms with Crippen LogP contribution < -0.4 is 5.32 Å². The Kier molecular flexibility index (Phi) is 6.37. The van der Waals surface area contributed by atoms with Crippen LogP contribution >= 0.6 is 0 Å². The molecule has 1 saturated heterocycles. The molecule has 1 aromatic carbocycles. The van der Waals surface area contributed by atoms with E-state index < -0.39 is 0 Å². The summed E-state index contributed by atoms with van der Waals surface area (Å²) in [5.41, 5.74) is 0.571. The van der Waals surface area contributed by atoms with Gasteiger partial charge in [0, 0.05) is 19.6 Å². The molecule has 22 heavy (non-hydrogen) atoms. The second-order valence-corrected chi connectivity index (χ2v) is 5.66. The number of hydrogen-bond donors (Lipinski definition) is 1. The Morgan fingerprint density at radius 1 is 1.09 bits per heavy atom. The number of benzene rings is 1. The summed E-state index contributed by atoms with van der Waals surface area (Å²) in [5.74, 6) is -0.659. The molecule has 120 valence electrons. The van der Waals surface area contributed by atoms with E-state index in [9.17, 15) is 14.0 Å². The van der Waals surface area contributed by atoms with Gasteiger partial charge in [0.15, 0.2) is 0 Å². The van der Waals surface area contributed by atoms with Gasteiger partial charge in [0.25, 0.3) is 0 Å². The van der Waals surface area contributed by atoms with Gasteiger partial charge < -0.3 is 10.2 Å². The summed E-state index contributed by atoms with van der Waals surface area (Å²) in [4.78, 5) is 25.6. The lowest BCUT2D eigenvalue weighted by molar-refractivity contribution is -0.136. The van der Waals surface area contributed by atoms with Gasteiger partial charge in [-0.2, -0.15) is 0 Å². The van der Waals surface area contributed by atoms with E-state index in [1.54, 1.807) is 23.1 Å². The number of amides is 2. The van der Waals surface area contributed by atoms with E-state index in [0.29, 0.717) is 18.5 Å². The molecule has 5 heteroatoms. The molecule has 1 heterocycles. The molecule has 0 radical (unpaired) electrons. The maximum Gasteiger partial charge on any atom is 0.232 e. The SMILES string of the molecule is O=C(CC(=O)N1CCCCCC1)NCCc1ccccc1F. The molecule has 1 fully saturated rings. The van der Waals surface area contributed by atoms with Gasteiger partial charge in [-0.3, -0.25) is 9.59 Å². The minimum atomic E-state index is -0.286. The summed E-state index contributed by atoms with van der Waals surface area (Å²) < 4.78 is 13.4. The number of hydrogen-bond acceptors (Lipinski definition) is 2. The number of halogens is 1. The maximum atomic E-state index is 13.4. The van der Waals surface area contributed by atoms with Crippen molar-refractivity contribution in [1.82, 2.24) is 10.2 Å². The fourth-order valence-corrected chi connectivity index (χ4v) is 2.67. The second kappa shape index (κ2) is 8.51. The van der Waals surface area contributed by atoms with Gasteiger partial charge in [0.05, 0.1) is 0 Å². The summed E-state index contributed by atoms with van der Waals surface area (Å²) in [6, 6.07) is 6.50. The van der Waals surface area contributed by atoms with Crippen LogP contribution in [0.5, 0.6) is 0 Å². The highest BCUT2D eigenvalue weighted by atomic mass is 19.1. The molecule has 0 unspecified atom stereocenters. The molecule has 0 aliphatic carbocycles. The first-order valence-corrected chi connectivity index (χ1v) is 7.94. The predicted molar refractivity (Wildman–Crippen MR) is 82.8 cm³/mol. The summed E-state index contributed by atoms with van der Waals surface area (Å²) in [6.45, 7) is 1.84. The number of carbonyl (C=O) groups is 2. The van der Waals surface area contributed by atoms with Gasteiger partial charge >= 0.3 is 0 Å². The van der Waals surface area contributed by atoms with Crippen LogP contribution in [0, 0.1) is 5.82 Å². The quantitative estimate of drug-likeness (QED) is 0.849. The largest absolute Gasteiger partial charge is 0.355 e. The fourth-order valence-electron chi connectivity index (χ4n) is 2.67. The number of rotatable bonds is 5. The van der Waals surface area contributed by atoms with Gasteiger partial charge in [0.2, 0.25) is 11.8 Å². The van der Waals surface area contributed by atoms with Crippen LogP contribution in [-0.2, 0) is 16.0 Å². The normalized spacial score (nSPS) is 15.2. The van der Waals surface area contributed by atoms with Gasteiger partial charge in [0.1, 0.15) is 12.2 Å². The van der Waals surface area contributed by atoms with E-state index >= 15 is 0 Å². The lowest BCUT2D eigenvalue weighted by Crippen LogP contribution is -2.36. The lowest BCUT2D eigenvalue weighted by Gasteiger charge is -2.19. The first-order valence-electron chi connectivity index (χ1n) is 7.94. The van der Waals surface area contributed by atoms with Crippen LogP contribution in [0.25, 0.3) is 0 Å². The Balaban J connectivity index is 1.71. The van der Waals surface area contributed by atoms with E-state index in [1.165, 1.54) is 6.07 Å². The number of nitrogens with zero attached hydrogens (tertiary/aromatic N) is 1. The number of nitrogens with one attached hydrogen (secondary N) is 1. The molecule has 4 nitrogen and oxygen atoms in total. The smallest absolute Gasteiger partial charge is 0.232 e. The average molecular weight is 306 g/mol. The highest BCUT2D eigenvalue weighted by molar-refractivity contribution is 5.96. The van der Waals surface area contributed by atoms with Gasteiger partial charge in [-0.1, -0.05) is 31.0 Å². The Morgan fingerprint density at radius 3 is 2.45 bits per heavy atom. The third kappa shape index (κ3) is 5.13. The van der Waals surface area contributed by atoms with E-state index in [1.807, 2.05) is 0 Å². The first kappa shape index (κ1) is 16.5. The molecule has 0 saturated carbocycles. The van der Waals surface area contributed by atoms with Crippen molar-refractivity contribution in [2.75, 3.05) is 19.6 Å². The van der Waals surface area contributed by atoms with Crippen molar-refractivity contribution in [2.45, 2.75) is 38.5 Å². The van der Waals surface area contributed by atoms with E-state index in [4.69, 9.17) is 0 Å². The zero-order valence-electron chi connectivity index (χ0n) is 12.8. The summed E-state index contributed by atoms with van der Waals surface area (Å²) in [6.07, 6.45) is 4.64. The maximum absolute atomic E-state index is 13.4. The minimum absolute atomic E-state index is 0.106. The van der Waals surface area contributed by atoms with Gasteiger partial charge in [-0.05, 0) is 30.9 Å². The molecule has 1 aliphatic heterocycles. The van der Waals surface area contributed by atoms with Crippen molar-refractivity contribution in [3.8, 4) is 0 Å². The van der Waals surface area contributed by atoms with Crippen LogP contribution in [0.15, 0.2) is 24.3 Å². The summed E-state index contributed by atoms with van der Waals surface area (Å²) in [5, 5.41) is 2.69. The number of carbonyl (C=O) groups excluding carboxylic acids is 2. The van der Waals surface area contributed by atoms with Crippen LogP contribution in [-0.4, -0.2) is 36.3 Å². The standard InChI is InChI=1S/C17H23FN2O2/c18-15-8-4-3-7-14(15)9-10-19-16(21)13-17(22)20-11-5-1-2-6-12-20/h3-4,7-8H,1-2,5-6,9-13H2,(H,19,21). The molecule has 1 aromatic rings. The third-order valence-electron chi connectivity index (χ3n) is 3.94. The second-order valence-electron chi connectivity index (χ2n) is 5.66. The lowest BCUT2D eigenvalue weighted by atomic mass is 10.1. The van der Waals surface area contributed by atoms with Crippen molar-refractivity contribution in [1.29, 1.82) is 0 Å². The Bertz CT molecular complexity index is 511. The molecular weight excluding hydrogens is 283 g/mol. The first-order chi connectivity index (χ1) is 10.7. The zero-order chi connectivity index (χ0) is 15.8. The van der Waals surface area contributed by atoms with Crippen LogP contribution in [0.3, 0.4) is 0 Å². The molecule has 0 aromatic heterocycles. The van der Waals surface area contributed by atoms with Crippen LogP contribution in [0.1, 0.15) is 37.7 Å². The zero-order valence-corrected chi connectivity index (χ0v) is 12.8. The number of likely N-dealkylation sites (tertiary alicyclic amines) is 1. The fraction of sp³-hybridized carbons (Fsp3) is 0.529.